The normalized spacial score (nSPS) is 19.6. The Bertz CT molecular complexity index is 597. The van der Waals surface area contributed by atoms with E-state index in [4.69, 9.17) is 0 Å². The first-order valence-corrected chi connectivity index (χ1v) is 7.57. The van der Waals surface area contributed by atoms with Crippen LogP contribution in [0.1, 0.15) is 12.5 Å². The van der Waals surface area contributed by atoms with Gasteiger partial charge in [0.15, 0.2) is 0 Å². The summed E-state index contributed by atoms with van der Waals surface area (Å²) in [5.41, 5.74) is 2.98. The van der Waals surface area contributed by atoms with Crippen LogP contribution in [0.25, 0.3) is 11.1 Å². The van der Waals surface area contributed by atoms with Gasteiger partial charge >= 0.3 is 0 Å². The first-order valence-electron chi connectivity index (χ1n) is 7.57. The second kappa shape index (κ2) is 6.29. The lowest BCUT2D eigenvalue weighted by Crippen LogP contribution is -2.49. The average Bonchev–Trinajstić information content (AvgIpc) is 2.52. The summed E-state index contributed by atoms with van der Waals surface area (Å²) >= 11 is 0. The highest BCUT2D eigenvalue weighted by atomic mass is 16.3. The Morgan fingerprint density at radius 2 is 1.95 bits per heavy atom. The van der Waals surface area contributed by atoms with Gasteiger partial charge in [-0.25, -0.2) is 0 Å². The van der Waals surface area contributed by atoms with Crippen molar-refractivity contribution >= 4 is 0 Å². The summed E-state index contributed by atoms with van der Waals surface area (Å²) in [7, 11) is 0. The van der Waals surface area contributed by atoms with Gasteiger partial charge in [-0.15, -0.1) is 0 Å². The van der Waals surface area contributed by atoms with Gasteiger partial charge in [0.05, 0.1) is 0 Å². The van der Waals surface area contributed by atoms with Crippen LogP contribution in [0.2, 0.25) is 0 Å². The molecule has 21 heavy (non-hydrogen) atoms. The lowest BCUT2D eigenvalue weighted by atomic mass is 10.0. The topological polar surface area (TPSA) is 35.5 Å². The minimum absolute atomic E-state index is 0.412. The van der Waals surface area contributed by atoms with E-state index < -0.39 is 0 Å². The molecule has 1 heterocycles. The number of phenolic OH excluding ortho intramolecular Hbond substituents is 1. The van der Waals surface area contributed by atoms with Gasteiger partial charge in [-0.2, -0.15) is 0 Å². The van der Waals surface area contributed by atoms with Crippen molar-refractivity contribution in [3.8, 4) is 16.9 Å². The van der Waals surface area contributed by atoms with E-state index in [1.165, 1.54) is 0 Å². The monoisotopic (exact) mass is 282 g/mol. The predicted molar refractivity (Wildman–Crippen MR) is 86.3 cm³/mol. The van der Waals surface area contributed by atoms with Gasteiger partial charge in [0.2, 0.25) is 0 Å². The molecule has 2 aromatic carbocycles. The standard InChI is InChI=1S/C18H22N2O/c1-14-12-19-10-11-20(14)13-16-8-5-9-17(18(16)21)15-6-3-2-4-7-15/h2-9,14,19,21H,10-13H2,1H3. The zero-order chi connectivity index (χ0) is 14.7. The number of nitrogens with zero attached hydrogens (tertiary/aromatic N) is 1. The Morgan fingerprint density at radius 1 is 1.14 bits per heavy atom. The fourth-order valence-electron chi connectivity index (χ4n) is 2.91. The van der Waals surface area contributed by atoms with Gasteiger partial charge in [0.1, 0.15) is 5.75 Å². The Morgan fingerprint density at radius 3 is 2.71 bits per heavy atom. The molecule has 0 spiro atoms. The zero-order valence-electron chi connectivity index (χ0n) is 12.4. The molecule has 1 unspecified atom stereocenters. The van der Waals surface area contributed by atoms with Crippen LogP contribution in [0.15, 0.2) is 48.5 Å². The highest BCUT2D eigenvalue weighted by Gasteiger charge is 2.19. The molecule has 3 nitrogen and oxygen atoms in total. The van der Waals surface area contributed by atoms with E-state index in [0.29, 0.717) is 11.8 Å². The minimum atomic E-state index is 0.412. The van der Waals surface area contributed by atoms with Crippen LogP contribution in [0.5, 0.6) is 5.75 Å². The molecule has 0 bridgehead atoms. The van der Waals surface area contributed by atoms with Gasteiger partial charge in [0.25, 0.3) is 0 Å². The first kappa shape index (κ1) is 14.1. The molecule has 0 aromatic heterocycles. The molecule has 0 amide bonds. The van der Waals surface area contributed by atoms with E-state index in [0.717, 1.165) is 42.9 Å². The van der Waals surface area contributed by atoms with E-state index in [1.54, 1.807) is 0 Å². The molecule has 2 N–H and O–H groups in total. The van der Waals surface area contributed by atoms with E-state index in [1.807, 2.05) is 48.5 Å². The van der Waals surface area contributed by atoms with Crippen molar-refractivity contribution in [2.24, 2.45) is 0 Å². The second-order valence-corrected chi connectivity index (χ2v) is 5.70. The molecule has 1 saturated heterocycles. The molecule has 2 aromatic rings. The number of aromatic hydroxyl groups is 1. The van der Waals surface area contributed by atoms with Crippen LogP contribution in [-0.2, 0) is 6.54 Å². The molecule has 0 radical (unpaired) electrons. The minimum Gasteiger partial charge on any atom is -0.507 e. The van der Waals surface area contributed by atoms with Crippen molar-refractivity contribution in [3.05, 3.63) is 54.1 Å². The van der Waals surface area contributed by atoms with Crippen LogP contribution in [-0.4, -0.2) is 35.7 Å². The van der Waals surface area contributed by atoms with Gasteiger partial charge < -0.3 is 10.4 Å². The Hall–Kier alpha value is -1.84. The lowest BCUT2D eigenvalue weighted by Gasteiger charge is -2.34. The molecule has 1 atom stereocenters. The Kier molecular flexibility index (Phi) is 4.23. The molecule has 1 fully saturated rings. The summed E-state index contributed by atoms with van der Waals surface area (Å²) in [6.45, 7) is 6.08. The number of para-hydroxylation sites is 1. The SMILES string of the molecule is CC1CNCCN1Cc1cccc(-c2ccccc2)c1O. The number of rotatable bonds is 3. The summed E-state index contributed by atoms with van der Waals surface area (Å²) in [6, 6.07) is 16.6. The molecular weight excluding hydrogens is 260 g/mol. The van der Waals surface area contributed by atoms with E-state index in [2.05, 4.69) is 17.1 Å². The van der Waals surface area contributed by atoms with Crippen LogP contribution < -0.4 is 5.32 Å². The molecule has 1 aliphatic rings. The summed E-state index contributed by atoms with van der Waals surface area (Å²) < 4.78 is 0. The quantitative estimate of drug-likeness (QED) is 0.908. The highest BCUT2D eigenvalue weighted by molar-refractivity contribution is 5.71. The third-order valence-electron chi connectivity index (χ3n) is 4.22. The van der Waals surface area contributed by atoms with Crippen molar-refractivity contribution in [3.63, 3.8) is 0 Å². The average molecular weight is 282 g/mol. The highest BCUT2D eigenvalue weighted by Crippen LogP contribution is 2.32. The molecule has 3 heteroatoms. The third-order valence-corrected chi connectivity index (χ3v) is 4.22. The van der Waals surface area contributed by atoms with Gasteiger partial charge in [0, 0.05) is 43.3 Å². The van der Waals surface area contributed by atoms with Crippen LogP contribution in [0, 0.1) is 0 Å². The maximum absolute atomic E-state index is 10.6. The molecule has 110 valence electrons. The van der Waals surface area contributed by atoms with Crippen molar-refractivity contribution in [1.82, 2.24) is 10.2 Å². The maximum atomic E-state index is 10.6. The number of nitrogens with one attached hydrogen (secondary N) is 1. The molecule has 0 aliphatic carbocycles. The first-order chi connectivity index (χ1) is 10.3. The third kappa shape index (κ3) is 3.09. The van der Waals surface area contributed by atoms with Crippen LogP contribution in [0.3, 0.4) is 0 Å². The Balaban J connectivity index is 1.87. The number of hydrogen-bond donors (Lipinski definition) is 2. The zero-order valence-corrected chi connectivity index (χ0v) is 12.4. The molecule has 3 rings (SSSR count). The van der Waals surface area contributed by atoms with E-state index >= 15 is 0 Å². The van der Waals surface area contributed by atoms with Crippen molar-refractivity contribution in [2.75, 3.05) is 19.6 Å². The number of hydrogen-bond acceptors (Lipinski definition) is 3. The molecular formula is C18H22N2O. The van der Waals surface area contributed by atoms with E-state index in [-0.39, 0.29) is 0 Å². The molecule has 0 saturated carbocycles. The Labute approximate surface area is 126 Å². The maximum Gasteiger partial charge on any atom is 0.127 e. The fourth-order valence-corrected chi connectivity index (χ4v) is 2.91. The van der Waals surface area contributed by atoms with Gasteiger partial charge in [-0.1, -0.05) is 48.5 Å². The lowest BCUT2D eigenvalue weighted by molar-refractivity contribution is 0.164. The number of phenols is 1. The predicted octanol–water partition coefficient (Wildman–Crippen LogP) is 2.85. The molecule has 1 aliphatic heterocycles. The smallest absolute Gasteiger partial charge is 0.127 e. The summed E-state index contributed by atoms with van der Waals surface area (Å²) in [5, 5.41) is 14.0. The van der Waals surface area contributed by atoms with E-state index in [9.17, 15) is 5.11 Å². The number of benzene rings is 2. The summed E-state index contributed by atoms with van der Waals surface area (Å²) in [4.78, 5) is 2.42. The van der Waals surface area contributed by atoms with Crippen LogP contribution >= 0.6 is 0 Å². The van der Waals surface area contributed by atoms with Crippen molar-refractivity contribution in [2.45, 2.75) is 19.5 Å². The fraction of sp³-hybridized carbons (Fsp3) is 0.333. The second-order valence-electron chi connectivity index (χ2n) is 5.70. The van der Waals surface area contributed by atoms with Crippen LogP contribution in [0.4, 0.5) is 0 Å². The van der Waals surface area contributed by atoms with Gasteiger partial charge in [-0.3, -0.25) is 4.90 Å². The van der Waals surface area contributed by atoms with Crippen molar-refractivity contribution in [1.29, 1.82) is 0 Å². The largest absolute Gasteiger partial charge is 0.507 e. The number of piperazine rings is 1. The van der Waals surface area contributed by atoms with Gasteiger partial charge in [-0.05, 0) is 12.5 Å². The van der Waals surface area contributed by atoms with Crippen molar-refractivity contribution < 1.29 is 5.11 Å². The summed E-state index contributed by atoms with van der Waals surface area (Å²) in [5.74, 6) is 0.412. The summed E-state index contributed by atoms with van der Waals surface area (Å²) in [6.07, 6.45) is 0.